The molecular formula is C15H25N5O3S. The van der Waals surface area contributed by atoms with Gasteiger partial charge >= 0.3 is 0 Å². The second kappa shape index (κ2) is 7.33. The highest BCUT2D eigenvalue weighted by Crippen LogP contribution is 2.28. The lowest BCUT2D eigenvalue weighted by Gasteiger charge is -2.22. The van der Waals surface area contributed by atoms with Gasteiger partial charge in [0.1, 0.15) is 15.7 Å². The summed E-state index contributed by atoms with van der Waals surface area (Å²) < 4.78 is 22.4. The van der Waals surface area contributed by atoms with Gasteiger partial charge in [-0.3, -0.25) is 4.79 Å². The molecule has 2 heterocycles. The third-order valence-corrected chi connectivity index (χ3v) is 5.20. The van der Waals surface area contributed by atoms with E-state index in [1.54, 1.807) is 12.3 Å². The van der Waals surface area contributed by atoms with Crippen LogP contribution < -0.4 is 16.0 Å². The van der Waals surface area contributed by atoms with Crippen LogP contribution in [0, 0.1) is 11.8 Å². The Kier molecular flexibility index (Phi) is 5.63. The lowest BCUT2D eigenvalue weighted by atomic mass is 9.91. The second-order valence-electron chi connectivity index (χ2n) is 6.64. The molecular weight excluding hydrogens is 330 g/mol. The van der Waals surface area contributed by atoms with E-state index in [-0.39, 0.29) is 36.0 Å². The van der Waals surface area contributed by atoms with Gasteiger partial charge in [-0.15, -0.1) is 0 Å². The minimum atomic E-state index is -3.14. The Morgan fingerprint density at radius 2 is 2.17 bits per heavy atom. The molecule has 0 saturated carbocycles. The summed E-state index contributed by atoms with van der Waals surface area (Å²) in [5, 5.41) is 2.98. The van der Waals surface area contributed by atoms with Crippen LogP contribution in [0.3, 0.4) is 0 Å². The van der Waals surface area contributed by atoms with Crippen LogP contribution in [0.5, 0.6) is 0 Å². The molecule has 1 aromatic rings. The number of nitrogens with one attached hydrogen (secondary N) is 1. The molecule has 0 radical (unpaired) electrons. The Bertz CT molecular complexity index is 692. The van der Waals surface area contributed by atoms with Crippen LogP contribution in [-0.4, -0.2) is 55.4 Å². The summed E-state index contributed by atoms with van der Waals surface area (Å²) in [5.41, 5.74) is 5.64. The molecule has 1 amide bonds. The molecule has 134 valence electrons. The van der Waals surface area contributed by atoms with Crippen molar-refractivity contribution >= 4 is 27.5 Å². The summed E-state index contributed by atoms with van der Waals surface area (Å²) >= 11 is 0. The molecule has 2 atom stereocenters. The van der Waals surface area contributed by atoms with Crippen molar-refractivity contribution < 1.29 is 13.2 Å². The van der Waals surface area contributed by atoms with Gasteiger partial charge in [0.15, 0.2) is 0 Å². The number of hydrogen-bond donors (Lipinski definition) is 2. The van der Waals surface area contributed by atoms with Gasteiger partial charge in [0, 0.05) is 37.9 Å². The fourth-order valence-corrected chi connectivity index (χ4v) is 3.50. The lowest BCUT2D eigenvalue weighted by molar-refractivity contribution is -0.121. The van der Waals surface area contributed by atoms with Crippen molar-refractivity contribution in [2.24, 2.45) is 11.8 Å². The van der Waals surface area contributed by atoms with E-state index in [1.165, 1.54) is 0 Å². The van der Waals surface area contributed by atoms with Gasteiger partial charge in [-0.25, -0.2) is 13.4 Å². The van der Waals surface area contributed by atoms with Crippen molar-refractivity contribution in [3.8, 4) is 0 Å². The zero-order chi connectivity index (χ0) is 17.9. The third-order valence-electron chi connectivity index (χ3n) is 4.25. The van der Waals surface area contributed by atoms with E-state index in [2.05, 4.69) is 34.0 Å². The first kappa shape index (κ1) is 18.4. The number of amides is 1. The van der Waals surface area contributed by atoms with Crippen molar-refractivity contribution in [3.05, 3.63) is 12.3 Å². The fourth-order valence-electron chi connectivity index (χ4n) is 2.94. The second-order valence-corrected chi connectivity index (χ2v) is 8.90. The molecule has 9 heteroatoms. The van der Waals surface area contributed by atoms with Crippen molar-refractivity contribution in [1.82, 2.24) is 15.3 Å². The average molecular weight is 355 g/mol. The Balaban J connectivity index is 2.04. The Morgan fingerprint density at radius 3 is 2.75 bits per heavy atom. The fraction of sp³-hybridized carbons (Fsp3) is 0.667. The zero-order valence-corrected chi connectivity index (χ0v) is 15.1. The van der Waals surface area contributed by atoms with E-state index >= 15 is 0 Å². The van der Waals surface area contributed by atoms with Crippen molar-refractivity contribution in [2.75, 3.05) is 35.7 Å². The molecule has 0 aliphatic carbocycles. The first-order valence-electron chi connectivity index (χ1n) is 7.96. The minimum Gasteiger partial charge on any atom is -0.368 e. The number of hydrogen-bond acceptors (Lipinski definition) is 7. The van der Waals surface area contributed by atoms with Gasteiger partial charge in [0.25, 0.3) is 0 Å². The average Bonchev–Trinajstić information content (AvgIpc) is 2.88. The molecule has 3 N–H and O–H groups in total. The van der Waals surface area contributed by atoms with Crippen LogP contribution in [0.4, 0.5) is 11.8 Å². The summed E-state index contributed by atoms with van der Waals surface area (Å²) in [6, 6.07) is 1.75. The number of carbonyl (C=O) groups is 1. The molecule has 24 heavy (non-hydrogen) atoms. The number of aromatic nitrogens is 2. The number of nitrogens with zero attached hydrogens (tertiary/aromatic N) is 3. The van der Waals surface area contributed by atoms with Gasteiger partial charge in [0.05, 0.1) is 11.8 Å². The normalized spacial score (nSPS) is 21.2. The topological polar surface area (TPSA) is 118 Å². The Hall–Kier alpha value is -1.90. The van der Waals surface area contributed by atoms with E-state index in [1.807, 2.05) is 0 Å². The first-order valence-corrected chi connectivity index (χ1v) is 10.0. The van der Waals surface area contributed by atoms with E-state index in [4.69, 9.17) is 5.73 Å². The molecule has 1 aromatic heterocycles. The largest absolute Gasteiger partial charge is 0.368 e. The monoisotopic (exact) mass is 355 g/mol. The molecule has 0 bridgehead atoms. The highest BCUT2D eigenvalue weighted by atomic mass is 32.2. The number of sulfone groups is 1. The zero-order valence-electron chi connectivity index (χ0n) is 14.3. The lowest BCUT2D eigenvalue weighted by Crippen LogP contribution is -2.42. The predicted molar refractivity (Wildman–Crippen MR) is 93.2 cm³/mol. The molecule has 1 saturated heterocycles. The standard InChI is InChI=1S/C15H25N5O3S/c1-10(2)11-8-20(13-4-6-17-15(16)19-13)9-12(11)18-14(21)5-7-24(3,22)23/h4,6,10-12H,5,7-9H2,1-3H3,(H,18,21)(H2,16,17,19)/t11-,12+/m1/s1. The summed E-state index contributed by atoms with van der Waals surface area (Å²) in [6.45, 7) is 5.59. The highest BCUT2D eigenvalue weighted by Gasteiger charge is 2.36. The Labute approximate surface area is 142 Å². The van der Waals surface area contributed by atoms with Gasteiger partial charge in [-0.05, 0) is 12.0 Å². The highest BCUT2D eigenvalue weighted by molar-refractivity contribution is 7.90. The third kappa shape index (κ3) is 5.05. The van der Waals surface area contributed by atoms with Crippen LogP contribution in [-0.2, 0) is 14.6 Å². The maximum atomic E-state index is 12.1. The molecule has 0 unspecified atom stereocenters. The van der Waals surface area contributed by atoms with Gasteiger partial charge in [0.2, 0.25) is 11.9 Å². The molecule has 1 aliphatic heterocycles. The van der Waals surface area contributed by atoms with Crippen molar-refractivity contribution in [2.45, 2.75) is 26.3 Å². The first-order chi connectivity index (χ1) is 11.2. The van der Waals surface area contributed by atoms with E-state index < -0.39 is 9.84 Å². The van der Waals surface area contributed by atoms with Crippen LogP contribution in [0.25, 0.3) is 0 Å². The maximum Gasteiger partial charge on any atom is 0.221 e. The summed E-state index contributed by atoms with van der Waals surface area (Å²) in [6.07, 6.45) is 2.73. The van der Waals surface area contributed by atoms with E-state index in [9.17, 15) is 13.2 Å². The molecule has 0 aromatic carbocycles. The van der Waals surface area contributed by atoms with E-state index in [0.29, 0.717) is 12.5 Å². The van der Waals surface area contributed by atoms with Gasteiger partial charge < -0.3 is 16.0 Å². The number of rotatable bonds is 6. The Morgan fingerprint density at radius 1 is 1.46 bits per heavy atom. The molecule has 0 spiro atoms. The number of nitrogen functional groups attached to an aromatic ring is 1. The van der Waals surface area contributed by atoms with Crippen molar-refractivity contribution in [1.29, 1.82) is 0 Å². The SMILES string of the molecule is CC(C)[C@H]1CN(c2ccnc(N)n2)C[C@@H]1NC(=O)CCS(C)(=O)=O. The number of carbonyl (C=O) groups excluding carboxylic acids is 1. The van der Waals surface area contributed by atoms with Crippen LogP contribution in [0.15, 0.2) is 12.3 Å². The quantitative estimate of drug-likeness (QED) is 0.741. The maximum absolute atomic E-state index is 12.1. The van der Waals surface area contributed by atoms with Crippen LogP contribution in [0.2, 0.25) is 0 Å². The number of anilines is 2. The summed E-state index contributed by atoms with van der Waals surface area (Å²) in [5.74, 6) is 1.21. The van der Waals surface area contributed by atoms with Crippen LogP contribution >= 0.6 is 0 Å². The smallest absolute Gasteiger partial charge is 0.221 e. The molecule has 8 nitrogen and oxygen atoms in total. The molecule has 1 aliphatic rings. The minimum absolute atomic E-state index is 0.0133. The summed E-state index contributed by atoms with van der Waals surface area (Å²) in [4.78, 5) is 22.3. The van der Waals surface area contributed by atoms with Crippen molar-refractivity contribution in [3.63, 3.8) is 0 Å². The molecule has 1 fully saturated rings. The number of nitrogens with two attached hydrogens (primary N) is 1. The van der Waals surface area contributed by atoms with Gasteiger partial charge in [-0.1, -0.05) is 13.8 Å². The van der Waals surface area contributed by atoms with Gasteiger partial charge in [-0.2, -0.15) is 4.98 Å². The molecule has 2 rings (SSSR count). The van der Waals surface area contributed by atoms with Crippen LogP contribution in [0.1, 0.15) is 20.3 Å². The summed E-state index contributed by atoms with van der Waals surface area (Å²) in [7, 11) is -3.14. The predicted octanol–water partition coefficient (Wildman–Crippen LogP) is 0.0705. The van der Waals surface area contributed by atoms with E-state index in [0.717, 1.165) is 18.6 Å².